The van der Waals surface area contributed by atoms with Crippen LogP contribution in [0.25, 0.3) is 11.8 Å². The third-order valence-corrected chi connectivity index (χ3v) is 7.13. The van der Waals surface area contributed by atoms with E-state index in [0.29, 0.717) is 20.5 Å². The van der Waals surface area contributed by atoms with Gasteiger partial charge in [-0.15, -0.1) is 0 Å². The van der Waals surface area contributed by atoms with E-state index < -0.39 is 17.0 Å². The first-order valence-electron chi connectivity index (χ1n) is 9.49. The molecule has 4 nitrogen and oxygen atoms in total. The molecule has 1 aromatic heterocycles. The largest absolute Gasteiger partial charge is 0.318 e. The van der Waals surface area contributed by atoms with Gasteiger partial charge in [0.2, 0.25) is 0 Å². The Morgan fingerprint density at radius 1 is 0.969 bits per heavy atom. The SMILES string of the molecule is Cc1cc(/C=C2\SC(=O)N(Cc3ccc(F)cc3Cl)C2=O)c(C)n1-c1ccc(Cl)c(Cl)c1. The molecule has 0 bridgehead atoms. The summed E-state index contributed by atoms with van der Waals surface area (Å²) in [6.07, 6.45) is 1.70. The molecule has 32 heavy (non-hydrogen) atoms. The number of rotatable bonds is 4. The molecule has 0 saturated carbocycles. The van der Waals surface area contributed by atoms with Gasteiger partial charge in [0.25, 0.3) is 11.1 Å². The highest BCUT2D eigenvalue weighted by atomic mass is 35.5. The molecule has 0 radical (unpaired) electrons. The van der Waals surface area contributed by atoms with Crippen LogP contribution < -0.4 is 0 Å². The van der Waals surface area contributed by atoms with Crippen molar-refractivity contribution in [3.63, 3.8) is 0 Å². The quantitative estimate of drug-likeness (QED) is 0.343. The fourth-order valence-corrected chi connectivity index (χ4v) is 4.90. The van der Waals surface area contributed by atoms with E-state index in [0.717, 1.165) is 45.4 Å². The molecule has 0 spiro atoms. The zero-order chi connectivity index (χ0) is 23.2. The van der Waals surface area contributed by atoms with Gasteiger partial charge in [-0.1, -0.05) is 40.9 Å². The molecule has 9 heteroatoms. The van der Waals surface area contributed by atoms with Gasteiger partial charge in [-0.3, -0.25) is 14.5 Å². The Morgan fingerprint density at radius 3 is 2.41 bits per heavy atom. The molecule has 1 aliphatic rings. The van der Waals surface area contributed by atoms with E-state index in [2.05, 4.69) is 0 Å². The second-order valence-corrected chi connectivity index (χ2v) is 9.48. The predicted molar refractivity (Wildman–Crippen MR) is 128 cm³/mol. The standard InChI is InChI=1S/C23H16Cl3FN2O2S/c1-12-7-15(13(2)29(12)17-5-6-18(24)20(26)10-17)8-21-22(30)28(23(31)32-21)11-14-3-4-16(27)9-19(14)25/h3-10H,11H2,1-2H3/b21-8-. The van der Waals surface area contributed by atoms with Crippen LogP contribution in [0.1, 0.15) is 22.5 Å². The van der Waals surface area contributed by atoms with Crippen molar-refractivity contribution in [2.24, 2.45) is 0 Å². The third kappa shape index (κ3) is 4.33. The van der Waals surface area contributed by atoms with Crippen LogP contribution in [-0.2, 0) is 11.3 Å². The highest BCUT2D eigenvalue weighted by molar-refractivity contribution is 8.18. The number of aromatic nitrogens is 1. The molecule has 2 heterocycles. The molecule has 0 unspecified atom stereocenters. The van der Waals surface area contributed by atoms with Crippen LogP contribution in [-0.4, -0.2) is 20.6 Å². The van der Waals surface area contributed by atoms with Crippen LogP contribution in [0.15, 0.2) is 47.4 Å². The highest BCUT2D eigenvalue weighted by Crippen LogP contribution is 2.36. The van der Waals surface area contributed by atoms with Crippen LogP contribution in [0.2, 0.25) is 15.1 Å². The number of amides is 2. The summed E-state index contributed by atoms with van der Waals surface area (Å²) < 4.78 is 15.3. The van der Waals surface area contributed by atoms with E-state index in [1.807, 2.05) is 30.5 Å². The van der Waals surface area contributed by atoms with Gasteiger partial charge >= 0.3 is 0 Å². The van der Waals surface area contributed by atoms with Gasteiger partial charge in [0.15, 0.2) is 0 Å². The van der Waals surface area contributed by atoms with E-state index in [4.69, 9.17) is 34.8 Å². The van der Waals surface area contributed by atoms with Crippen molar-refractivity contribution < 1.29 is 14.0 Å². The average molecular weight is 510 g/mol. The van der Waals surface area contributed by atoms with Crippen LogP contribution in [0.3, 0.4) is 0 Å². The molecule has 1 saturated heterocycles. The molecule has 1 fully saturated rings. The van der Waals surface area contributed by atoms with Crippen molar-refractivity contribution in [2.75, 3.05) is 0 Å². The van der Waals surface area contributed by atoms with Crippen molar-refractivity contribution in [3.05, 3.63) is 90.8 Å². The van der Waals surface area contributed by atoms with Gasteiger partial charge in [0.05, 0.1) is 21.5 Å². The highest BCUT2D eigenvalue weighted by Gasteiger charge is 2.35. The van der Waals surface area contributed by atoms with Gasteiger partial charge in [0.1, 0.15) is 5.82 Å². The van der Waals surface area contributed by atoms with Crippen LogP contribution in [0.4, 0.5) is 9.18 Å². The third-order valence-electron chi connectivity index (χ3n) is 5.14. The number of hydrogen-bond donors (Lipinski definition) is 0. The number of hydrogen-bond acceptors (Lipinski definition) is 3. The molecule has 2 aromatic carbocycles. The minimum atomic E-state index is -0.481. The number of aryl methyl sites for hydroxylation is 1. The number of benzene rings is 2. The van der Waals surface area contributed by atoms with Crippen LogP contribution >= 0.6 is 46.6 Å². The average Bonchev–Trinajstić information content (AvgIpc) is 3.15. The predicted octanol–water partition coefficient (Wildman–Crippen LogP) is 7.43. The van der Waals surface area contributed by atoms with Crippen molar-refractivity contribution >= 4 is 63.8 Å². The number of imide groups is 1. The van der Waals surface area contributed by atoms with Gasteiger partial charge in [0, 0.05) is 22.1 Å². The molecule has 3 aromatic rings. The second-order valence-electron chi connectivity index (χ2n) is 7.26. The maximum atomic E-state index is 13.3. The van der Waals surface area contributed by atoms with Gasteiger partial charge in [-0.05, 0) is 79.2 Å². The summed E-state index contributed by atoms with van der Waals surface area (Å²) in [5.74, 6) is -0.898. The number of nitrogens with zero attached hydrogens (tertiary/aromatic N) is 2. The van der Waals surface area contributed by atoms with Crippen molar-refractivity contribution in [1.82, 2.24) is 9.47 Å². The first-order valence-corrected chi connectivity index (χ1v) is 11.4. The number of carbonyl (C=O) groups is 2. The van der Waals surface area contributed by atoms with Gasteiger partial charge in [-0.2, -0.15) is 0 Å². The summed E-state index contributed by atoms with van der Waals surface area (Å²) >= 11 is 19.1. The smallest absolute Gasteiger partial charge is 0.293 e. The Labute approximate surface area is 203 Å². The fourth-order valence-electron chi connectivity index (χ4n) is 3.55. The minimum Gasteiger partial charge on any atom is -0.318 e. The summed E-state index contributed by atoms with van der Waals surface area (Å²) in [5, 5.41) is 0.671. The zero-order valence-electron chi connectivity index (χ0n) is 17.0. The molecule has 0 aliphatic carbocycles. The Bertz CT molecular complexity index is 1300. The molecule has 0 N–H and O–H groups in total. The zero-order valence-corrected chi connectivity index (χ0v) is 20.0. The van der Waals surface area contributed by atoms with E-state index in [-0.39, 0.29) is 11.6 Å². The number of thioether (sulfide) groups is 1. The molecule has 4 rings (SSSR count). The summed E-state index contributed by atoms with van der Waals surface area (Å²) in [6.45, 7) is 3.84. The number of carbonyl (C=O) groups excluding carboxylic acids is 2. The lowest BCUT2D eigenvalue weighted by Crippen LogP contribution is -2.27. The van der Waals surface area contributed by atoms with Crippen LogP contribution in [0.5, 0.6) is 0 Å². The molecular formula is C23H16Cl3FN2O2S. The normalized spacial score (nSPS) is 15.3. The summed E-state index contributed by atoms with van der Waals surface area (Å²) in [5.41, 5.74) is 3.96. The van der Waals surface area contributed by atoms with Crippen molar-refractivity contribution in [1.29, 1.82) is 0 Å². The Kier molecular flexibility index (Phi) is 6.41. The first kappa shape index (κ1) is 22.9. The first-order chi connectivity index (χ1) is 15.2. The molecule has 0 atom stereocenters. The molecule has 164 valence electrons. The van der Waals surface area contributed by atoms with Crippen LogP contribution in [0, 0.1) is 19.7 Å². The molecular weight excluding hydrogens is 494 g/mol. The van der Waals surface area contributed by atoms with Crippen molar-refractivity contribution in [2.45, 2.75) is 20.4 Å². The Hall–Kier alpha value is -2.25. The Balaban J connectivity index is 1.64. The van der Waals surface area contributed by atoms with E-state index in [9.17, 15) is 14.0 Å². The lowest BCUT2D eigenvalue weighted by atomic mass is 10.2. The van der Waals surface area contributed by atoms with E-state index in [1.165, 1.54) is 12.1 Å². The maximum absolute atomic E-state index is 13.3. The summed E-state index contributed by atoms with van der Waals surface area (Å²) in [4.78, 5) is 26.8. The summed E-state index contributed by atoms with van der Waals surface area (Å²) in [6, 6.07) is 11.2. The fraction of sp³-hybridized carbons (Fsp3) is 0.130. The van der Waals surface area contributed by atoms with E-state index >= 15 is 0 Å². The van der Waals surface area contributed by atoms with Gasteiger partial charge < -0.3 is 4.57 Å². The molecule has 1 aliphatic heterocycles. The lowest BCUT2D eigenvalue weighted by molar-refractivity contribution is -0.123. The van der Waals surface area contributed by atoms with Gasteiger partial charge in [-0.25, -0.2) is 4.39 Å². The van der Waals surface area contributed by atoms with E-state index in [1.54, 1.807) is 18.2 Å². The minimum absolute atomic E-state index is 0.0244. The maximum Gasteiger partial charge on any atom is 0.293 e. The second kappa shape index (κ2) is 8.94. The lowest BCUT2D eigenvalue weighted by Gasteiger charge is -2.13. The summed E-state index contributed by atoms with van der Waals surface area (Å²) in [7, 11) is 0. The number of halogens is 4. The molecule has 2 amide bonds. The monoisotopic (exact) mass is 508 g/mol. The topological polar surface area (TPSA) is 42.3 Å². The Morgan fingerprint density at radius 2 is 1.72 bits per heavy atom. The van der Waals surface area contributed by atoms with Crippen molar-refractivity contribution in [3.8, 4) is 5.69 Å².